The van der Waals surface area contributed by atoms with E-state index >= 15 is 0 Å². The highest BCUT2D eigenvalue weighted by Crippen LogP contribution is 2.33. The number of benzene rings is 2. The third kappa shape index (κ3) is 3.62. The fourth-order valence-electron chi connectivity index (χ4n) is 3.40. The largest absolute Gasteiger partial charge is 0.347 e. The van der Waals surface area contributed by atoms with Crippen molar-refractivity contribution in [2.45, 2.75) is 19.5 Å². The molecule has 28 heavy (non-hydrogen) atoms. The van der Waals surface area contributed by atoms with E-state index < -0.39 is 0 Å². The van der Waals surface area contributed by atoms with Crippen molar-refractivity contribution in [1.29, 1.82) is 0 Å². The summed E-state index contributed by atoms with van der Waals surface area (Å²) in [5, 5.41) is 0. The second-order valence-electron chi connectivity index (χ2n) is 7.24. The smallest absolute Gasteiger partial charge is 0.126 e. The minimum Gasteiger partial charge on any atom is -0.347 e. The van der Waals surface area contributed by atoms with Crippen LogP contribution in [0.1, 0.15) is 24.4 Å². The molecule has 2 aromatic carbocycles. The minimum absolute atomic E-state index is 0.335. The molecule has 1 N–H and O–H groups in total. The van der Waals surface area contributed by atoms with Gasteiger partial charge in [-0.2, -0.15) is 0 Å². The second-order valence-corrected chi connectivity index (χ2v) is 7.24. The Labute approximate surface area is 165 Å². The van der Waals surface area contributed by atoms with Gasteiger partial charge >= 0.3 is 0 Å². The molecule has 142 valence electrons. The fraction of sp³-hybridized carbons (Fsp3) is 0.217. The SMILES string of the molecule is C[C@@H](c1cccc(-c2c(-c3ccccc3)ncn2Cc2ncc[nH]2)c1)N(C)C. The highest BCUT2D eigenvalue weighted by atomic mass is 15.1. The number of nitrogens with one attached hydrogen (secondary N) is 1. The first-order valence-corrected chi connectivity index (χ1v) is 9.49. The van der Waals surface area contributed by atoms with Crippen LogP contribution in [0.15, 0.2) is 73.3 Å². The number of aromatic amines is 1. The summed E-state index contributed by atoms with van der Waals surface area (Å²) >= 11 is 0. The summed E-state index contributed by atoms with van der Waals surface area (Å²) in [6.45, 7) is 2.87. The van der Waals surface area contributed by atoms with Gasteiger partial charge in [0.2, 0.25) is 0 Å². The van der Waals surface area contributed by atoms with Gasteiger partial charge in [0, 0.05) is 29.6 Å². The molecule has 4 rings (SSSR count). The number of imidazole rings is 2. The van der Waals surface area contributed by atoms with Crippen molar-refractivity contribution in [3.05, 3.63) is 84.7 Å². The van der Waals surface area contributed by atoms with Crippen molar-refractivity contribution < 1.29 is 0 Å². The van der Waals surface area contributed by atoms with Gasteiger partial charge in [0.05, 0.1) is 24.3 Å². The fourth-order valence-corrected chi connectivity index (χ4v) is 3.40. The van der Waals surface area contributed by atoms with E-state index in [1.165, 1.54) is 5.56 Å². The predicted octanol–water partition coefficient (Wildman–Crippen LogP) is 4.61. The summed E-state index contributed by atoms with van der Waals surface area (Å²) < 4.78 is 2.17. The molecule has 0 bridgehead atoms. The van der Waals surface area contributed by atoms with E-state index in [2.05, 4.69) is 89.0 Å². The zero-order valence-corrected chi connectivity index (χ0v) is 16.5. The number of rotatable bonds is 6. The minimum atomic E-state index is 0.335. The van der Waals surface area contributed by atoms with E-state index in [1.807, 2.05) is 18.6 Å². The lowest BCUT2D eigenvalue weighted by Gasteiger charge is -2.21. The second kappa shape index (κ2) is 7.82. The molecular formula is C23H25N5. The number of aromatic nitrogens is 4. The molecule has 4 aromatic rings. The Kier molecular flexibility index (Phi) is 5.08. The monoisotopic (exact) mass is 371 g/mol. The Morgan fingerprint density at radius 3 is 2.50 bits per heavy atom. The third-order valence-electron chi connectivity index (χ3n) is 5.18. The number of hydrogen-bond acceptors (Lipinski definition) is 3. The molecule has 0 saturated carbocycles. The van der Waals surface area contributed by atoms with E-state index in [0.717, 1.165) is 28.3 Å². The Hall–Kier alpha value is -3.18. The molecule has 2 aromatic heterocycles. The standard InChI is InChI=1S/C23H25N5/c1-17(27(2)3)19-10-7-11-20(14-19)23-22(18-8-5-4-6-9-18)26-16-28(23)15-21-24-12-13-25-21/h4-14,16-17H,15H2,1-3H3,(H,24,25)/t17-/m0/s1. The van der Waals surface area contributed by atoms with Gasteiger partial charge in [-0.3, -0.25) is 0 Å². The Bertz CT molecular complexity index is 1030. The Balaban J connectivity index is 1.84. The zero-order valence-electron chi connectivity index (χ0n) is 16.5. The molecule has 2 heterocycles. The van der Waals surface area contributed by atoms with Gasteiger partial charge in [0.15, 0.2) is 0 Å². The summed E-state index contributed by atoms with van der Waals surface area (Å²) in [6, 6.07) is 19.4. The van der Waals surface area contributed by atoms with Gasteiger partial charge in [0.1, 0.15) is 5.82 Å². The van der Waals surface area contributed by atoms with E-state index in [1.54, 1.807) is 6.20 Å². The van der Waals surface area contributed by atoms with Crippen molar-refractivity contribution >= 4 is 0 Å². The van der Waals surface area contributed by atoms with Crippen LogP contribution in [-0.4, -0.2) is 38.5 Å². The first-order valence-electron chi connectivity index (χ1n) is 9.49. The average Bonchev–Trinajstić information content (AvgIpc) is 3.38. The van der Waals surface area contributed by atoms with Gasteiger partial charge in [-0.15, -0.1) is 0 Å². The summed E-state index contributed by atoms with van der Waals surface area (Å²) in [4.78, 5) is 14.6. The van der Waals surface area contributed by atoms with Gasteiger partial charge in [-0.05, 0) is 32.6 Å². The van der Waals surface area contributed by atoms with Crippen molar-refractivity contribution in [3.8, 4) is 22.5 Å². The summed E-state index contributed by atoms with van der Waals surface area (Å²) in [6.07, 6.45) is 5.54. The average molecular weight is 371 g/mol. The van der Waals surface area contributed by atoms with Gasteiger partial charge in [0.25, 0.3) is 0 Å². The highest BCUT2D eigenvalue weighted by Gasteiger charge is 2.17. The van der Waals surface area contributed by atoms with Crippen LogP contribution >= 0.6 is 0 Å². The van der Waals surface area contributed by atoms with Crippen LogP contribution in [0.5, 0.6) is 0 Å². The lowest BCUT2D eigenvalue weighted by molar-refractivity contribution is 0.321. The first-order chi connectivity index (χ1) is 13.6. The van der Waals surface area contributed by atoms with Crippen molar-refractivity contribution in [1.82, 2.24) is 24.4 Å². The third-order valence-corrected chi connectivity index (χ3v) is 5.18. The van der Waals surface area contributed by atoms with Crippen LogP contribution in [0, 0.1) is 0 Å². The van der Waals surface area contributed by atoms with Crippen molar-refractivity contribution in [2.24, 2.45) is 0 Å². The molecule has 5 nitrogen and oxygen atoms in total. The highest BCUT2D eigenvalue weighted by molar-refractivity contribution is 5.79. The molecule has 0 radical (unpaired) electrons. The van der Waals surface area contributed by atoms with Crippen LogP contribution in [0.2, 0.25) is 0 Å². The van der Waals surface area contributed by atoms with E-state index in [-0.39, 0.29) is 0 Å². The first kappa shape index (κ1) is 18.2. The predicted molar refractivity (Wildman–Crippen MR) is 113 cm³/mol. The molecular weight excluding hydrogens is 346 g/mol. The normalized spacial score (nSPS) is 12.4. The maximum atomic E-state index is 4.76. The topological polar surface area (TPSA) is 49.7 Å². The van der Waals surface area contributed by atoms with E-state index in [0.29, 0.717) is 12.6 Å². The van der Waals surface area contributed by atoms with Crippen LogP contribution in [0.4, 0.5) is 0 Å². The summed E-state index contributed by atoms with van der Waals surface area (Å²) in [7, 11) is 4.21. The van der Waals surface area contributed by atoms with Crippen LogP contribution in [0.3, 0.4) is 0 Å². The lowest BCUT2D eigenvalue weighted by Crippen LogP contribution is -2.16. The molecule has 0 unspecified atom stereocenters. The Morgan fingerprint density at radius 1 is 1.00 bits per heavy atom. The molecule has 0 aliphatic carbocycles. The van der Waals surface area contributed by atoms with Crippen LogP contribution in [0.25, 0.3) is 22.5 Å². The molecule has 1 atom stereocenters. The van der Waals surface area contributed by atoms with Crippen LogP contribution in [-0.2, 0) is 6.54 Å². The van der Waals surface area contributed by atoms with Gasteiger partial charge in [-0.25, -0.2) is 9.97 Å². The number of H-pyrrole nitrogens is 1. The quantitative estimate of drug-likeness (QED) is 0.538. The summed E-state index contributed by atoms with van der Waals surface area (Å²) in [5.41, 5.74) is 5.65. The molecule has 0 aliphatic rings. The van der Waals surface area contributed by atoms with Gasteiger partial charge < -0.3 is 14.5 Å². The van der Waals surface area contributed by atoms with Gasteiger partial charge in [-0.1, -0.05) is 48.5 Å². The number of hydrogen-bond donors (Lipinski definition) is 1. The lowest BCUT2D eigenvalue weighted by atomic mass is 10.00. The molecule has 0 aliphatic heterocycles. The van der Waals surface area contributed by atoms with E-state index in [9.17, 15) is 0 Å². The molecule has 0 saturated heterocycles. The molecule has 0 fully saturated rings. The van der Waals surface area contributed by atoms with Crippen LogP contribution < -0.4 is 0 Å². The van der Waals surface area contributed by atoms with Crippen molar-refractivity contribution in [2.75, 3.05) is 14.1 Å². The summed E-state index contributed by atoms with van der Waals surface area (Å²) in [5.74, 6) is 0.913. The maximum Gasteiger partial charge on any atom is 0.126 e. The van der Waals surface area contributed by atoms with E-state index in [4.69, 9.17) is 4.98 Å². The zero-order chi connectivity index (χ0) is 19.5. The maximum absolute atomic E-state index is 4.76. The Morgan fingerprint density at radius 2 is 1.79 bits per heavy atom. The number of nitrogens with zero attached hydrogens (tertiary/aromatic N) is 4. The molecule has 0 spiro atoms. The molecule has 0 amide bonds. The molecule has 5 heteroatoms. The van der Waals surface area contributed by atoms with Crippen molar-refractivity contribution in [3.63, 3.8) is 0 Å².